The van der Waals surface area contributed by atoms with E-state index in [2.05, 4.69) is 6.92 Å². The predicted octanol–water partition coefficient (Wildman–Crippen LogP) is 2.92. The second kappa shape index (κ2) is 5.97. The third kappa shape index (κ3) is 2.64. The average Bonchev–Trinajstić information content (AvgIpc) is 2.90. The topological polar surface area (TPSA) is 72.8 Å². The van der Waals surface area contributed by atoms with Crippen LogP contribution in [-0.2, 0) is 19.1 Å². The Morgan fingerprint density at radius 2 is 2.04 bits per heavy atom. The summed E-state index contributed by atoms with van der Waals surface area (Å²) < 4.78 is 11.0. The average molecular weight is 348 g/mol. The van der Waals surface area contributed by atoms with Gasteiger partial charge in [0.25, 0.3) is 0 Å². The number of carbonyl (C=O) groups is 2. The number of allylic oxidation sites excluding steroid dienone is 1. The van der Waals surface area contributed by atoms with E-state index in [-0.39, 0.29) is 24.0 Å². The number of aliphatic hydroxyl groups excluding tert-OH is 1. The van der Waals surface area contributed by atoms with Gasteiger partial charge in [0.05, 0.1) is 6.10 Å². The van der Waals surface area contributed by atoms with Gasteiger partial charge in [0, 0.05) is 27.9 Å². The molecule has 3 rings (SSSR count). The van der Waals surface area contributed by atoms with Crippen molar-refractivity contribution in [3.63, 3.8) is 0 Å². The van der Waals surface area contributed by atoms with Gasteiger partial charge in [-0.25, -0.2) is 9.59 Å². The summed E-state index contributed by atoms with van der Waals surface area (Å²) in [5, 5.41) is 10.9. The third-order valence-corrected chi connectivity index (χ3v) is 6.59. The predicted molar refractivity (Wildman–Crippen MR) is 92.5 cm³/mol. The number of cyclic esters (lactones) is 1. The standard InChI is InChI=1S/C20H28O5/c1-6-11(2)17(22)25-14-7-8-20(5)15-12(10-24-18(15)23)9-13(21)16(20)19(14,3)4/h6,13-14,16,21H,7-10H2,1-5H3/b11-6-/t13-,14-,16-,20-/m1/s1. The lowest BCUT2D eigenvalue weighted by atomic mass is 9.48. The molecule has 0 aromatic rings. The lowest BCUT2D eigenvalue weighted by Gasteiger charge is -2.57. The Labute approximate surface area is 149 Å². The van der Waals surface area contributed by atoms with Gasteiger partial charge in [-0.3, -0.25) is 0 Å². The Bertz CT molecular complexity index is 672. The number of carbonyl (C=O) groups excluding carboxylic acids is 2. The van der Waals surface area contributed by atoms with Crippen LogP contribution in [0.1, 0.15) is 53.9 Å². The fourth-order valence-corrected chi connectivity index (χ4v) is 5.34. The molecule has 0 aromatic heterocycles. The summed E-state index contributed by atoms with van der Waals surface area (Å²) in [6, 6.07) is 0. The Morgan fingerprint density at radius 1 is 1.36 bits per heavy atom. The van der Waals surface area contributed by atoms with E-state index in [4.69, 9.17) is 9.47 Å². The van der Waals surface area contributed by atoms with Gasteiger partial charge in [0.1, 0.15) is 12.7 Å². The van der Waals surface area contributed by atoms with Gasteiger partial charge >= 0.3 is 11.9 Å². The Hall–Kier alpha value is -1.62. The molecular formula is C20H28O5. The molecule has 4 atom stereocenters. The van der Waals surface area contributed by atoms with Crippen molar-refractivity contribution < 1.29 is 24.2 Å². The van der Waals surface area contributed by atoms with Crippen molar-refractivity contribution in [2.75, 3.05) is 6.61 Å². The molecule has 0 saturated heterocycles. The van der Waals surface area contributed by atoms with E-state index in [0.29, 0.717) is 31.4 Å². The summed E-state index contributed by atoms with van der Waals surface area (Å²) in [7, 11) is 0. The number of esters is 2. The summed E-state index contributed by atoms with van der Waals surface area (Å²) in [6.45, 7) is 9.97. The fraction of sp³-hybridized carbons (Fsp3) is 0.700. The molecule has 0 bridgehead atoms. The minimum absolute atomic E-state index is 0.165. The van der Waals surface area contributed by atoms with Crippen LogP contribution in [0.15, 0.2) is 22.8 Å². The zero-order valence-corrected chi connectivity index (χ0v) is 15.7. The SMILES string of the molecule is C/C=C(/C)C(=O)O[C@@H]1CC[C@]2(C)C3=C(COC3=O)C[C@@H](O)[C@@H]2C1(C)C. The monoisotopic (exact) mass is 348 g/mol. The molecule has 1 aliphatic heterocycles. The van der Waals surface area contributed by atoms with Crippen LogP contribution >= 0.6 is 0 Å². The largest absolute Gasteiger partial charge is 0.458 e. The molecule has 0 unspecified atom stereocenters. The normalized spacial score (nSPS) is 37.3. The van der Waals surface area contributed by atoms with Gasteiger partial charge in [-0.1, -0.05) is 26.8 Å². The van der Waals surface area contributed by atoms with E-state index in [1.807, 2.05) is 20.8 Å². The second-order valence-electron chi connectivity index (χ2n) is 8.45. The lowest BCUT2D eigenvalue weighted by Crippen LogP contribution is -2.58. The molecule has 1 heterocycles. The number of hydrogen-bond acceptors (Lipinski definition) is 5. The first-order valence-electron chi connectivity index (χ1n) is 9.04. The van der Waals surface area contributed by atoms with E-state index in [9.17, 15) is 14.7 Å². The summed E-state index contributed by atoms with van der Waals surface area (Å²) in [6.07, 6.45) is 2.70. The summed E-state index contributed by atoms with van der Waals surface area (Å²) in [4.78, 5) is 24.6. The van der Waals surface area contributed by atoms with Crippen molar-refractivity contribution in [1.82, 2.24) is 0 Å². The number of fused-ring (bicyclic) bond motifs is 2. The molecule has 0 aromatic carbocycles. The van der Waals surface area contributed by atoms with E-state index < -0.39 is 16.9 Å². The first-order chi connectivity index (χ1) is 11.6. The zero-order chi connectivity index (χ0) is 18.6. The maximum absolute atomic E-state index is 12.3. The van der Waals surface area contributed by atoms with E-state index in [1.165, 1.54) is 0 Å². The van der Waals surface area contributed by atoms with Crippen molar-refractivity contribution in [1.29, 1.82) is 0 Å². The summed E-state index contributed by atoms with van der Waals surface area (Å²) >= 11 is 0. The summed E-state index contributed by atoms with van der Waals surface area (Å²) in [5.41, 5.74) is 1.38. The molecule has 5 nitrogen and oxygen atoms in total. The Morgan fingerprint density at radius 3 is 2.68 bits per heavy atom. The van der Waals surface area contributed by atoms with Crippen LogP contribution in [0.2, 0.25) is 0 Å². The molecule has 3 aliphatic rings. The first kappa shape index (κ1) is 18.2. The molecule has 0 spiro atoms. The van der Waals surface area contributed by atoms with Crippen LogP contribution in [0.3, 0.4) is 0 Å². The molecule has 1 fully saturated rings. The first-order valence-corrected chi connectivity index (χ1v) is 9.04. The van der Waals surface area contributed by atoms with Gasteiger partial charge in [0.15, 0.2) is 0 Å². The lowest BCUT2D eigenvalue weighted by molar-refractivity contribution is -0.175. The van der Waals surface area contributed by atoms with Crippen LogP contribution in [0.5, 0.6) is 0 Å². The minimum atomic E-state index is -0.572. The number of ether oxygens (including phenoxy) is 2. The van der Waals surface area contributed by atoms with Crippen molar-refractivity contribution in [2.45, 2.75) is 66.1 Å². The highest BCUT2D eigenvalue weighted by Gasteiger charge is 2.61. The second-order valence-corrected chi connectivity index (χ2v) is 8.45. The van der Waals surface area contributed by atoms with Crippen molar-refractivity contribution >= 4 is 11.9 Å². The molecule has 0 radical (unpaired) electrons. The fourth-order valence-electron chi connectivity index (χ4n) is 5.34. The number of aliphatic hydroxyl groups is 1. The highest BCUT2D eigenvalue weighted by atomic mass is 16.5. The van der Waals surface area contributed by atoms with Gasteiger partial charge in [-0.2, -0.15) is 0 Å². The third-order valence-electron chi connectivity index (χ3n) is 6.59. The van der Waals surface area contributed by atoms with E-state index in [0.717, 1.165) is 11.1 Å². The smallest absolute Gasteiger partial charge is 0.334 e. The van der Waals surface area contributed by atoms with Crippen LogP contribution in [0.25, 0.3) is 0 Å². The van der Waals surface area contributed by atoms with Crippen molar-refractivity contribution in [3.05, 3.63) is 22.8 Å². The maximum Gasteiger partial charge on any atom is 0.334 e. The van der Waals surface area contributed by atoms with Crippen molar-refractivity contribution in [2.24, 2.45) is 16.7 Å². The Balaban J connectivity index is 1.95. The summed E-state index contributed by atoms with van der Waals surface area (Å²) in [5.74, 6) is -0.720. The molecule has 2 aliphatic carbocycles. The van der Waals surface area contributed by atoms with Crippen LogP contribution in [0.4, 0.5) is 0 Å². The van der Waals surface area contributed by atoms with Gasteiger partial charge in [0.2, 0.25) is 0 Å². The molecule has 1 N–H and O–H groups in total. The van der Waals surface area contributed by atoms with E-state index in [1.54, 1.807) is 13.0 Å². The van der Waals surface area contributed by atoms with E-state index >= 15 is 0 Å². The van der Waals surface area contributed by atoms with Crippen LogP contribution in [0, 0.1) is 16.7 Å². The minimum Gasteiger partial charge on any atom is -0.458 e. The molecule has 5 heteroatoms. The van der Waals surface area contributed by atoms with Crippen LogP contribution in [-0.4, -0.2) is 35.9 Å². The van der Waals surface area contributed by atoms with Crippen LogP contribution < -0.4 is 0 Å². The highest BCUT2D eigenvalue weighted by Crippen LogP contribution is 2.61. The Kier molecular flexibility index (Phi) is 4.34. The molecular weight excluding hydrogens is 320 g/mol. The van der Waals surface area contributed by atoms with Gasteiger partial charge in [-0.05, 0) is 38.7 Å². The van der Waals surface area contributed by atoms with Crippen molar-refractivity contribution in [3.8, 4) is 0 Å². The van der Waals surface area contributed by atoms with Gasteiger partial charge in [-0.15, -0.1) is 0 Å². The number of rotatable bonds is 2. The molecule has 1 saturated carbocycles. The zero-order valence-electron chi connectivity index (χ0n) is 15.7. The molecule has 138 valence electrons. The number of hydrogen-bond donors (Lipinski definition) is 1. The molecule has 0 amide bonds. The molecule has 25 heavy (non-hydrogen) atoms. The van der Waals surface area contributed by atoms with Gasteiger partial charge < -0.3 is 14.6 Å². The maximum atomic E-state index is 12.3. The quantitative estimate of drug-likeness (QED) is 0.613. The highest BCUT2D eigenvalue weighted by molar-refractivity contribution is 5.93.